The predicted molar refractivity (Wildman–Crippen MR) is 197 cm³/mol. The molecule has 0 atom stereocenters. The molecule has 0 aromatic heterocycles. The van der Waals surface area contributed by atoms with E-state index in [1.54, 1.807) is 0 Å². The Bertz CT molecular complexity index is 1660. The molecule has 8 heteroatoms. The van der Waals surface area contributed by atoms with Gasteiger partial charge >= 0.3 is 0 Å². The second-order valence-electron chi connectivity index (χ2n) is 14.6. The molecule has 1 N–H and O–H groups in total. The van der Waals surface area contributed by atoms with E-state index in [4.69, 9.17) is 0 Å². The number of benzene rings is 2. The quantitative estimate of drug-likeness (QED) is 0.0798. The minimum absolute atomic E-state index is 0.150. The van der Waals surface area contributed by atoms with Crippen molar-refractivity contribution in [2.45, 2.75) is 97.3 Å². The second-order valence-corrected chi connectivity index (χ2v) is 16.1. The summed E-state index contributed by atoms with van der Waals surface area (Å²) in [5.74, 6) is 0.449. The van der Waals surface area contributed by atoms with Crippen LogP contribution in [0.3, 0.4) is 0 Å². The summed E-state index contributed by atoms with van der Waals surface area (Å²) in [4.78, 5) is 14.7. The summed E-state index contributed by atoms with van der Waals surface area (Å²) >= 11 is 0. The van der Waals surface area contributed by atoms with Crippen molar-refractivity contribution >= 4 is 33.1 Å². The fraction of sp³-hybridized carbons (Fsp3) is 0.500. The van der Waals surface area contributed by atoms with Gasteiger partial charge in [0, 0.05) is 66.2 Å². The van der Waals surface area contributed by atoms with E-state index in [0.717, 1.165) is 56.6 Å². The van der Waals surface area contributed by atoms with Gasteiger partial charge in [0.05, 0.1) is 15.5 Å². The number of nitrogens with one attached hydrogen (secondary N) is 1. The molecule has 0 aliphatic carbocycles. The van der Waals surface area contributed by atoms with Crippen LogP contribution in [0.2, 0.25) is 0 Å². The van der Waals surface area contributed by atoms with Crippen molar-refractivity contribution in [1.82, 2.24) is 5.32 Å². The first-order valence-electron chi connectivity index (χ1n) is 17.6. The van der Waals surface area contributed by atoms with Crippen LogP contribution in [0.25, 0.3) is 0 Å². The molecule has 48 heavy (non-hydrogen) atoms. The highest BCUT2D eigenvalue weighted by molar-refractivity contribution is 7.85. The molecule has 2 aliphatic rings. The van der Waals surface area contributed by atoms with Crippen LogP contribution in [-0.2, 0) is 25.7 Å². The Morgan fingerprint density at radius 2 is 1.60 bits per heavy atom. The van der Waals surface area contributed by atoms with Crippen molar-refractivity contribution in [3.05, 3.63) is 95.7 Å². The number of hydrogen-bond acceptors (Lipinski definition) is 5. The first kappa shape index (κ1) is 37.3. The van der Waals surface area contributed by atoms with E-state index in [1.165, 1.54) is 22.5 Å². The smallest absolute Gasteiger partial charge is 0.219 e. The molecular formula is C40H55N3O4S. The number of rotatable bonds is 17. The lowest BCUT2D eigenvalue weighted by Gasteiger charge is -2.27. The molecule has 0 saturated carbocycles. The van der Waals surface area contributed by atoms with Crippen molar-refractivity contribution < 1.29 is 22.3 Å². The van der Waals surface area contributed by atoms with Crippen LogP contribution in [0.1, 0.15) is 97.6 Å². The van der Waals surface area contributed by atoms with Crippen LogP contribution in [0, 0.1) is 5.92 Å². The molecule has 2 aliphatic heterocycles. The Morgan fingerprint density at radius 1 is 0.896 bits per heavy atom. The summed E-state index contributed by atoms with van der Waals surface area (Å²) in [6, 6.07) is 16.8. The van der Waals surface area contributed by atoms with E-state index in [9.17, 15) is 17.8 Å². The van der Waals surface area contributed by atoms with Gasteiger partial charge in [-0.05, 0) is 63.2 Å². The summed E-state index contributed by atoms with van der Waals surface area (Å²) in [5.41, 5.74) is 6.71. The zero-order valence-electron chi connectivity index (χ0n) is 29.8. The van der Waals surface area contributed by atoms with Crippen molar-refractivity contribution in [2.75, 3.05) is 30.3 Å². The molecule has 0 fully saturated rings. The van der Waals surface area contributed by atoms with E-state index in [2.05, 4.69) is 117 Å². The number of hydrogen-bond donors (Lipinski definition) is 1. The molecule has 0 saturated heterocycles. The lowest BCUT2D eigenvalue weighted by molar-refractivity contribution is -0.437. The number of fused-ring (bicyclic) bond motifs is 2. The minimum atomic E-state index is -4.27. The maximum absolute atomic E-state index is 12.3. The standard InChI is InChI=1S/C40H55N3O4S/c1-31(2)19-17-27-41-38(44)26-11-8-16-28-42-34-22-14-12-20-32(34)39(3,4)36(42)24-9-7-10-25-37-40(5,6)33-21-13-15-23-35(33)43(37)29-18-30-48(45,46)47/h7,9-10,12-15,20-25,31H,8,11,16-19,26-30H2,1-6H3,(H-,41,44,45,46,47). The SMILES string of the molecule is CC(C)CCCNC(=O)CCCCCN1/C(=C/C=C/C=C/C2=[N+](CCCS(=O)(=O)[O-])c3ccccc3C2(C)C)C(C)(C)c2ccccc21. The van der Waals surface area contributed by atoms with E-state index in [0.29, 0.717) is 18.9 Å². The van der Waals surface area contributed by atoms with Crippen molar-refractivity contribution in [2.24, 2.45) is 5.92 Å². The first-order valence-corrected chi connectivity index (χ1v) is 19.2. The van der Waals surface area contributed by atoms with Crippen LogP contribution in [0.15, 0.2) is 84.6 Å². The van der Waals surface area contributed by atoms with Gasteiger partial charge in [0.15, 0.2) is 5.71 Å². The van der Waals surface area contributed by atoms with Crippen molar-refractivity contribution in [1.29, 1.82) is 0 Å². The predicted octanol–water partition coefficient (Wildman–Crippen LogP) is 7.91. The Balaban J connectivity index is 1.44. The van der Waals surface area contributed by atoms with Crippen molar-refractivity contribution in [3.63, 3.8) is 0 Å². The van der Waals surface area contributed by atoms with Crippen LogP contribution >= 0.6 is 0 Å². The van der Waals surface area contributed by atoms with Crippen LogP contribution < -0.4 is 10.2 Å². The summed E-state index contributed by atoms with van der Waals surface area (Å²) in [6.07, 6.45) is 16.4. The fourth-order valence-corrected chi connectivity index (χ4v) is 7.56. The van der Waals surface area contributed by atoms with Gasteiger partial charge in [-0.3, -0.25) is 4.79 Å². The third-order valence-corrected chi connectivity index (χ3v) is 10.5. The molecule has 2 heterocycles. The van der Waals surface area contributed by atoms with Gasteiger partial charge in [-0.1, -0.05) is 88.7 Å². The largest absolute Gasteiger partial charge is 0.748 e. The van der Waals surface area contributed by atoms with Gasteiger partial charge in [0.25, 0.3) is 0 Å². The molecule has 260 valence electrons. The van der Waals surface area contributed by atoms with Crippen LogP contribution in [0.4, 0.5) is 11.4 Å². The van der Waals surface area contributed by atoms with Gasteiger partial charge in [-0.15, -0.1) is 0 Å². The zero-order chi connectivity index (χ0) is 35.0. The number of carbonyl (C=O) groups is 1. The Kier molecular flexibility index (Phi) is 12.7. The molecule has 2 aromatic rings. The molecular weight excluding hydrogens is 619 g/mol. The zero-order valence-corrected chi connectivity index (χ0v) is 30.6. The Morgan fingerprint density at radius 3 is 2.33 bits per heavy atom. The van der Waals surface area contributed by atoms with E-state index >= 15 is 0 Å². The second kappa shape index (κ2) is 16.3. The third kappa shape index (κ3) is 9.35. The van der Waals surface area contributed by atoms with Gasteiger partial charge < -0.3 is 14.8 Å². The highest BCUT2D eigenvalue weighted by Crippen LogP contribution is 2.47. The molecule has 7 nitrogen and oxygen atoms in total. The number of nitrogens with zero attached hydrogens (tertiary/aromatic N) is 2. The van der Waals surface area contributed by atoms with Gasteiger partial charge in [0.1, 0.15) is 6.54 Å². The molecule has 0 radical (unpaired) electrons. The van der Waals surface area contributed by atoms with Crippen molar-refractivity contribution in [3.8, 4) is 0 Å². The first-order chi connectivity index (χ1) is 22.7. The number of amides is 1. The molecule has 0 spiro atoms. The minimum Gasteiger partial charge on any atom is -0.748 e. The van der Waals surface area contributed by atoms with E-state index in [-0.39, 0.29) is 28.9 Å². The molecule has 0 unspecified atom stereocenters. The summed E-state index contributed by atoms with van der Waals surface area (Å²) in [7, 11) is -4.27. The maximum Gasteiger partial charge on any atom is 0.219 e. The molecule has 1 amide bonds. The number of carbonyl (C=O) groups excluding carboxylic acids is 1. The highest BCUT2D eigenvalue weighted by atomic mass is 32.2. The lowest BCUT2D eigenvalue weighted by Crippen LogP contribution is -2.28. The number of allylic oxidation sites excluding steroid dienone is 6. The van der Waals surface area contributed by atoms with Gasteiger partial charge in [-0.25, -0.2) is 8.42 Å². The number of anilines is 1. The van der Waals surface area contributed by atoms with E-state index in [1.807, 2.05) is 18.2 Å². The molecule has 0 bridgehead atoms. The molecule has 4 rings (SSSR count). The normalized spacial score (nSPS) is 17.7. The monoisotopic (exact) mass is 673 g/mol. The summed E-state index contributed by atoms with van der Waals surface area (Å²) in [6.45, 7) is 15.5. The lowest BCUT2D eigenvalue weighted by atomic mass is 9.81. The number of unbranched alkanes of at least 4 members (excludes halogenated alkanes) is 2. The third-order valence-electron chi connectivity index (χ3n) is 9.67. The topological polar surface area (TPSA) is 92.6 Å². The van der Waals surface area contributed by atoms with Gasteiger partial charge in [-0.2, -0.15) is 4.58 Å². The van der Waals surface area contributed by atoms with Crippen LogP contribution in [-0.4, -0.2) is 54.6 Å². The summed E-state index contributed by atoms with van der Waals surface area (Å²) < 4.78 is 36.0. The Labute approximate surface area is 289 Å². The molecule has 2 aromatic carbocycles. The average Bonchev–Trinajstić information content (AvgIpc) is 3.37. The average molecular weight is 674 g/mol. The van der Waals surface area contributed by atoms with Crippen LogP contribution in [0.5, 0.6) is 0 Å². The number of para-hydroxylation sites is 2. The van der Waals surface area contributed by atoms with Gasteiger partial charge in [0.2, 0.25) is 11.6 Å². The maximum atomic E-state index is 12.3. The van der Waals surface area contributed by atoms with E-state index < -0.39 is 10.1 Å². The summed E-state index contributed by atoms with van der Waals surface area (Å²) in [5, 5.41) is 3.07. The highest BCUT2D eigenvalue weighted by Gasteiger charge is 2.44. The fourth-order valence-electron chi connectivity index (χ4n) is 7.08. The Hall–Kier alpha value is -3.49.